The molecule has 1 atom stereocenters. The van der Waals surface area contributed by atoms with Crippen LogP contribution in [-0.4, -0.2) is 19.3 Å². The summed E-state index contributed by atoms with van der Waals surface area (Å²) in [5.74, 6) is 0.804. The van der Waals surface area contributed by atoms with Crippen molar-refractivity contribution in [3.8, 4) is 0 Å². The molecular weight excluding hydrogens is 129 g/mol. The van der Waals surface area contributed by atoms with E-state index in [-0.39, 0.29) is 5.92 Å². The minimum absolute atomic E-state index is 0.195. The van der Waals surface area contributed by atoms with Crippen molar-refractivity contribution in [1.29, 1.82) is 0 Å². The highest BCUT2D eigenvalue weighted by atomic mass is 19.1. The van der Waals surface area contributed by atoms with Crippen LogP contribution in [0, 0.1) is 11.8 Å². The predicted octanol–water partition coefficient (Wildman–Crippen LogP) is 1.59. The number of nitrogens with one attached hydrogen (secondary N) is 1. The van der Waals surface area contributed by atoms with Crippen molar-refractivity contribution in [2.45, 2.75) is 26.4 Å². The molecule has 0 amide bonds. The topological polar surface area (TPSA) is 12.0 Å². The average molecular weight is 145 g/mol. The highest BCUT2D eigenvalue weighted by Crippen LogP contribution is 2.18. The van der Waals surface area contributed by atoms with Crippen LogP contribution in [0.1, 0.15) is 20.3 Å². The number of halogens is 1. The molecule has 0 spiro atoms. The second-order valence-electron chi connectivity index (χ2n) is 3.52. The summed E-state index contributed by atoms with van der Waals surface area (Å²) in [7, 11) is 0. The number of rotatable bonds is 3. The third-order valence-corrected chi connectivity index (χ3v) is 2.15. The van der Waals surface area contributed by atoms with Crippen molar-refractivity contribution >= 4 is 0 Å². The third-order valence-electron chi connectivity index (χ3n) is 2.15. The first-order chi connectivity index (χ1) is 4.70. The molecule has 0 aromatic heterocycles. The molecule has 0 saturated carbocycles. The van der Waals surface area contributed by atoms with Gasteiger partial charge in [0.15, 0.2) is 0 Å². The van der Waals surface area contributed by atoms with E-state index in [0.29, 0.717) is 5.92 Å². The Morgan fingerprint density at radius 2 is 2.10 bits per heavy atom. The van der Waals surface area contributed by atoms with E-state index in [1.165, 1.54) is 0 Å². The summed E-state index contributed by atoms with van der Waals surface area (Å²) in [5, 5.41) is 3.14. The molecule has 1 saturated heterocycles. The van der Waals surface area contributed by atoms with Crippen LogP contribution >= 0.6 is 0 Å². The SMILES string of the molecule is CC(C)C(F)CC1CNC1. The summed E-state index contributed by atoms with van der Waals surface area (Å²) in [5.41, 5.74) is 0. The smallest absolute Gasteiger partial charge is 0.103 e. The fraction of sp³-hybridized carbons (Fsp3) is 1.00. The van der Waals surface area contributed by atoms with Gasteiger partial charge in [0.25, 0.3) is 0 Å². The second kappa shape index (κ2) is 3.33. The molecular formula is C8H16FN. The zero-order valence-corrected chi connectivity index (χ0v) is 6.73. The first-order valence-electron chi connectivity index (χ1n) is 4.05. The van der Waals surface area contributed by atoms with Gasteiger partial charge in [-0.05, 0) is 31.3 Å². The fourth-order valence-corrected chi connectivity index (χ4v) is 1.11. The van der Waals surface area contributed by atoms with Gasteiger partial charge in [-0.1, -0.05) is 13.8 Å². The molecule has 1 fully saturated rings. The summed E-state index contributed by atoms with van der Waals surface area (Å²) in [6, 6.07) is 0. The van der Waals surface area contributed by atoms with E-state index in [4.69, 9.17) is 0 Å². The predicted molar refractivity (Wildman–Crippen MR) is 40.7 cm³/mol. The van der Waals surface area contributed by atoms with Crippen LogP contribution in [-0.2, 0) is 0 Å². The van der Waals surface area contributed by atoms with E-state index in [2.05, 4.69) is 5.32 Å². The van der Waals surface area contributed by atoms with Crippen LogP contribution in [0.4, 0.5) is 4.39 Å². The standard InChI is InChI=1S/C8H16FN/c1-6(2)8(9)3-7-4-10-5-7/h6-8,10H,3-5H2,1-2H3. The molecule has 0 bridgehead atoms. The van der Waals surface area contributed by atoms with Crippen LogP contribution in [0.5, 0.6) is 0 Å². The first-order valence-corrected chi connectivity index (χ1v) is 4.05. The largest absolute Gasteiger partial charge is 0.316 e. The van der Waals surface area contributed by atoms with Gasteiger partial charge in [-0.25, -0.2) is 4.39 Å². The van der Waals surface area contributed by atoms with Gasteiger partial charge in [0.2, 0.25) is 0 Å². The zero-order valence-electron chi connectivity index (χ0n) is 6.73. The lowest BCUT2D eigenvalue weighted by Gasteiger charge is -2.29. The number of alkyl halides is 1. The molecule has 1 unspecified atom stereocenters. The maximum Gasteiger partial charge on any atom is 0.103 e. The Morgan fingerprint density at radius 3 is 2.40 bits per heavy atom. The molecule has 10 heavy (non-hydrogen) atoms. The van der Waals surface area contributed by atoms with Gasteiger partial charge < -0.3 is 5.32 Å². The molecule has 0 radical (unpaired) electrons. The molecule has 1 N–H and O–H groups in total. The molecule has 1 nitrogen and oxygen atoms in total. The minimum Gasteiger partial charge on any atom is -0.316 e. The van der Waals surface area contributed by atoms with E-state index in [0.717, 1.165) is 19.5 Å². The molecule has 0 aliphatic carbocycles. The van der Waals surface area contributed by atoms with Gasteiger partial charge in [0, 0.05) is 0 Å². The highest BCUT2D eigenvalue weighted by molar-refractivity contribution is 4.78. The van der Waals surface area contributed by atoms with Crippen molar-refractivity contribution in [2.24, 2.45) is 11.8 Å². The Labute approximate surface area is 62.0 Å². The van der Waals surface area contributed by atoms with E-state index >= 15 is 0 Å². The summed E-state index contributed by atoms with van der Waals surface area (Å²) < 4.78 is 13.0. The Balaban J connectivity index is 2.10. The summed E-state index contributed by atoms with van der Waals surface area (Å²) in [6.45, 7) is 5.92. The van der Waals surface area contributed by atoms with E-state index in [1.54, 1.807) is 0 Å². The van der Waals surface area contributed by atoms with Gasteiger partial charge in [-0.2, -0.15) is 0 Å². The van der Waals surface area contributed by atoms with Crippen molar-refractivity contribution < 1.29 is 4.39 Å². The zero-order chi connectivity index (χ0) is 7.56. The van der Waals surface area contributed by atoms with Gasteiger partial charge in [0.05, 0.1) is 0 Å². The first kappa shape index (κ1) is 7.99. The lowest BCUT2D eigenvalue weighted by molar-refractivity contribution is 0.178. The summed E-state index contributed by atoms with van der Waals surface area (Å²) in [6.07, 6.45) is 0.164. The Morgan fingerprint density at radius 1 is 1.50 bits per heavy atom. The van der Waals surface area contributed by atoms with E-state index in [1.807, 2.05) is 13.8 Å². The monoisotopic (exact) mass is 145 g/mol. The van der Waals surface area contributed by atoms with Gasteiger partial charge in [-0.3, -0.25) is 0 Å². The average Bonchev–Trinajstić information content (AvgIpc) is 1.77. The number of hydrogen-bond donors (Lipinski definition) is 1. The fourth-order valence-electron chi connectivity index (χ4n) is 1.11. The highest BCUT2D eigenvalue weighted by Gasteiger charge is 2.22. The quantitative estimate of drug-likeness (QED) is 0.636. The Bertz CT molecular complexity index is 99.4. The van der Waals surface area contributed by atoms with Gasteiger partial charge in [0.1, 0.15) is 6.17 Å². The summed E-state index contributed by atoms with van der Waals surface area (Å²) >= 11 is 0. The minimum atomic E-state index is -0.591. The number of hydrogen-bond acceptors (Lipinski definition) is 1. The van der Waals surface area contributed by atoms with Crippen molar-refractivity contribution in [1.82, 2.24) is 5.32 Å². The maximum atomic E-state index is 13.0. The van der Waals surface area contributed by atoms with Crippen molar-refractivity contribution in [3.05, 3.63) is 0 Å². The molecule has 0 aromatic rings. The van der Waals surface area contributed by atoms with Gasteiger partial charge in [-0.15, -0.1) is 0 Å². The maximum absolute atomic E-state index is 13.0. The molecule has 1 rings (SSSR count). The van der Waals surface area contributed by atoms with E-state index in [9.17, 15) is 4.39 Å². The summed E-state index contributed by atoms with van der Waals surface area (Å²) in [4.78, 5) is 0. The molecule has 1 aliphatic rings. The Kier molecular flexibility index (Phi) is 2.66. The van der Waals surface area contributed by atoms with Crippen LogP contribution < -0.4 is 5.32 Å². The van der Waals surface area contributed by atoms with Crippen LogP contribution in [0.2, 0.25) is 0 Å². The van der Waals surface area contributed by atoms with Crippen LogP contribution in [0.15, 0.2) is 0 Å². The third kappa shape index (κ3) is 1.94. The molecule has 0 aromatic carbocycles. The second-order valence-corrected chi connectivity index (χ2v) is 3.52. The van der Waals surface area contributed by atoms with Crippen LogP contribution in [0.25, 0.3) is 0 Å². The normalized spacial score (nSPS) is 22.8. The molecule has 1 aliphatic heterocycles. The van der Waals surface area contributed by atoms with Crippen molar-refractivity contribution in [2.75, 3.05) is 13.1 Å². The molecule has 1 heterocycles. The lowest BCUT2D eigenvalue weighted by Crippen LogP contribution is -2.43. The van der Waals surface area contributed by atoms with Crippen LogP contribution in [0.3, 0.4) is 0 Å². The van der Waals surface area contributed by atoms with E-state index < -0.39 is 6.17 Å². The van der Waals surface area contributed by atoms with Crippen molar-refractivity contribution in [3.63, 3.8) is 0 Å². The lowest BCUT2D eigenvalue weighted by atomic mass is 9.92. The molecule has 60 valence electrons. The molecule has 2 heteroatoms. The Hall–Kier alpha value is -0.110. The van der Waals surface area contributed by atoms with Gasteiger partial charge >= 0.3 is 0 Å².